The molecule has 2 heterocycles. The van der Waals surface area contributed by atoms with E-state index in [1.54, 1.807) is 6.20 Å². The minimum atomic E-state index is 0.0966. The largest absolute Gasteiger partial charge is 0.333 e. The molecule has 3 rings (SSSR count). The van der Waals surface area contributed by atoms with Crippen LogP contribution in [0.15, 0.2) is 48.8 Å². The summed E-state index contributed by atoms with van der Waals surface area (Å²) in [5, 5.41) is 3.38. The van der Waals surface area contributed by atoms with E-state index >= 15 is 0 Å². The number of hydrogen-bond donors (Lipinski definition) is 1. The van der Waals surface area contributed by atoms with E-state index in [4.69, 9.17) is 0 Å². The van der Waals surface area contributed by atoms with E-state index in [2.05, 4.69) is 47.6 Å². The molecule has 1 aromatic heterocycles. The number of aromatic nitrogens is 1. The standard InChI is InChI=1S/C20H25N3O/c1-16-7-9-17(10-8-16)4-2-6-20(24)23-13-12-22-15-19(23)18-5-3-11-21-14-18/h3,5,7-11,14,19,22H,2,4,6,12-13,15H2,1H3. The highest BCUT2D eigenvalue weighted by molar-refractivity contribution is 5.77. The van der Waals surface area contributed by atoms with E-state index in [0.29, 0.717) is 6.42 Å². The van der Waals surface area contributed by atoms with Crippen LogP contribution in [0.1, 0.15) is 35.6 Å². The Hall–Kier alpha value is -2.20. The molecule has 1 fully saturated rings. The van der Waals surface area contributed by atoms with Gasteiger partial charge in [0.2, 0.25) is 5.91 Å². The highest BCUT2D eigenvalue weighted by atomic mass is 16.2. The Balaban J connectivity index is 1.57. The molecule has 4 heteroatoms. The quantitative estimate of drug-likeness (QED) is 0.920. The molecule has 0 radical (unpaired) electrons. The fourth-order valence-corrected chi connectivity index (χ4v) is 3.22. The number of rotatable bonds is 5. The number of aryl methyl sites for hydroxylation is 2. The van der Waals surface area contributed by atoms with Crippen molar-refractivity contribution in [2.45, 2.75) is 32.2 Å². The number of piperazine rings is 1. The van der Waals surface area contributed by atoms with Crippen molar-refractivity contribution < 1.29 is 4.79 Å². The monoisotopic (exact) mass is 323 g/mol. The first-order valence-electron chi connectivity index (χ1n) is 8.70. The molecule has 1 aromatic carbocycles. The molecule has 0 saturated carbocycles. The summed E-state index contributed by atoms with van der Waals surface area (Å²) in [5.41, 5.74) is 3.68. The first kappa shape index (κ1) is 16.7. The van der Waals surface area contributed by atoms with Gasteiger partial charge in [0.05, 0.1) is 6.04 Å². The van der Waals surface area contributed by atoms with Crippen molar-refractivity contribution in [1.82, 2.24) is 15.2 Å². The normalized spacial score (nSPS) is 17.7. The zero-order chi connectivity index (χ0) is 16.8. The Labute approximate surface area is 143 Å². The maximum atomic E-state index is 12.7. The topological polar surface area (TPSA) is 45.2 Å². The fourth-order valence-electron chi connectivity index (χ4n) is 3.22. The van der Waals surface area contributed by atoms with Crippen LogP contribution in [0.2, 0.25) is 0 Å². The van der Waals surface area contributed by atoms with Crippen molar-refractivity contribution >= 4 is 5.91 Å². The van der Waals surface area contributed by atoms with Crippen molar-refractivity contribution in [3.05, 3.63) is 65.5 Å². The summed E-state index contributed by atoms with van der Waals surface area (Å²) in [7, 11) is 0. The van der Waals surface area contributed by atoms with Gasteiger partial charge >= 0.3 is 0 Å². The zero-order valence-corrected chi connectivity index (χ0v) is 14.2. The Bertz CT molecular complexity index is 654. The fraction of sp³-hybridized carbons (Fsp3) is 0.400. The summed E-state index contributed by atoms with van der Waals surface area (Å²) >= 11 is 0. The molecule has 1 atom stereocenters. The molecular formula is C20H25N3O. The predicted molar refractivity (Wildman–Crippen MR) is 95.7 cm³/mol. The first-order valence-corrected chi connectivity index (χ1v) is 8.70. The van der Waals surface area contributed by atoms with Gasteiger partial charge in [-0.05, 0) is 37.0 Å². The predicted octanol–water partition coefficient (Wildman–Crippen LogP) is 2.89. The second-order valence-corrected chi connectivity index (χ2v) is 6.43. The molecule has 1 saturated heterocycles. The Kier molecular flexibility index (Phi) is 5.59. The van der Waals surface area contributed by atoms with Gasteiger partial charge in [-0.3, -0.25) is 9.78 Å². The van der Waals surface area contributed by atoms with E-state index in [1.165, 1.54) is 11.1 Å². The molecular weight excluding hydrogens is 298 g/mol. The van der Waals surface area contributed by atoms with E-state index in [9.17, 15) is 4.79 Å². The molecule has 0 bridgehead atoms. The summed E-state index contributed by atoms with van der Waals surface area (Å²) < 4.78 is 0. The zero-order valence-electron chi connectivity index (χ0n) is 14.2. The highest BCUT2D eigenvalue weighted by Crippen LogP contribution is 2.22. The van der Waals surface area contributed by atoms with Gasteiger partial charge in [-0.2, -0.15) is 0 Å². The van der Waals surface area contributed by atoms with E-state index in [1.807, 2.05) is 17.2 Å². The minimum absolute atomic E-state index is 0.0966. The molecule has 1 aliphatic heterocycles. The molecule has 1 amide bonds. The number of nitrogens with zero attached hydrogens (tertiary/aromatic N) is 2. The first-order chi connectivity index (χ1) is 11.7. The Morgan fingerprint density at radius 2 is 2.12 bits per heavy atom. The van der Waals surface area contributed by atoms with E-state index in [-0.39, 0.29) is 11.9 Å². The molecule has 1 N–H and O–H groups in total. The summed E-state index contributed by atoms with van der Waals surface area (Å²) in [5.74, 6) is 0.248. The Morgan fingerprint density at radius 1 is 1.29 bits per heavy atom. The third-order valence-electron chi connectivity index (χ3n) is 4.61. The van der Waals surface area contributed by atoms with Gasteiger partial charge in [0.25, 0.3) is 0 Å². The van der Waals surface area contributed by atoms with Crippen LogP contribution in [0.3, 0.4) is 0 Å². The molecule has 126 valence electrons. The van der Waals surface area contributed by atoms with Gasteiger partial charge in [-0.15, -0.1) is 0 Å². The van der Waals surface area contributed by atoms with Gasteiger partial charge < -0.3 is 10.2 Å². The van der Waals surface area contributed by atoms with Gasteiger partial charge in [0.1, 0.15) is 0 Å². The van der Waals surface area contributed by atoms with E-state index in [0.717, 1.165) is 38.0 Å². The minimum Gasteiger partial charge on any atom is -0.333 e. The summed E-state index contributed by atoms with van der Waals surface area (Å²) in [6.45, 7) is 4.52. The summed E-state index contributed by atoms with van der Waals surface area (Å²) in [6, 6.07) is 12.7. The lowest BCUT2D eigenvalue weighted by atomic mass is 10.0. The third kappa shape index (κ3) is 4.20. The van der Waals surface area contributed by atoms with Gasteiger partial charge in [-0.25, -0.2) is 0 Å². The van der Waals surface area contributed by atoms with Crippen LogP contribution in [0, 0.1) is 6.92 Å². The second kappa shape index (κ2) is 8.06. The van der Waals surface area contributed by atoms with Crippen LogP contribution in [-0.2, 0) is 11.2 Å². The van der Waals surface area contributed by atoms with Crippen molar-refractivity contribution in [2.75, 3.05) is 19.6 Å². The molecule has 1 unspecified atom stereocenters. The number of carbonyl (C=O) groups excluding carboxylic acids is 1. The number of amides is 1. The van der Waals surface area contributed by atoms with Crippen molar-refractivity contribution in [2.24, 2.45) is 0 Å². The van der Waals surface area contributed by atoms with Gasteiger partial charge in [-0.1, -0.05) is 35.9 Å². The number of hydrogen-bond acceptors (Lipinski definition) is 3. The van der Waals surface area contributed by atoms with Crippen LogP contribution in [-0.4, -0.2) is 35.4 Å². The molecule has 2 aromatic rings. The maximum Gasteiger partial charge on any atom is 0.223 e. The Morgan fingerprint density at radius 3 is 2.88 bits per heavy atom. The summed E-state index contributed by atoms with van der Waals surface area (Å²) in [4.78, 5) is 18.9. The van der Waals surface area contributed by atoms with Gasteiger partial charge in [0.15, 0.2) is 0 Å². The average Bonchev–Trinajstić information content (AvgIpc) is 2.64. The van der Waals surface area contributed by atoms with Crippen LogP contribution >= 0.6 is 0 Å². The molecule has 4 nitrogen and oxygen atoms in total. The highest BCUT2D eigenvalue weighted by Gasteiger charge is 2.27. The molecule has 0 spiro atoms. The maximum absolute atomic E-state index is 12.7. The van der Waals surface area contributed by atoms with Crippen LogP contribution in [0.5, 0.6) is 0 Å². The second-order valence-electron chi connectivity index (χ2n) is 6.43. The lowest BCUT2D eigenvalue weighted by molar-refractivity contribution is -0.134. The van der Waals surface area contributed by atoms with Crippen LogP contribution in [0.4, 0.5) is 0 Å². The van der Waals surface area contributed by atoms with Crippen molar-refractivity contribution in [3.8, 4) is 0 Å². The number of nitrogens with one attached hydrogen (secondary N) is 1. The number of carbonyl (C=O) groups is 1. The average molecular weight is 323 g/mol. The van der Waals surface area contributed by atoms with Crippen molar-refractivity contribution in [3.63, 3.8) is 0 Å². The van der Waals surface area contributed by atoms with Gasteiger partial charge in [0, 0.05) is 38.4 Å². The number of benzene rings is 1. The molecule has 0 aliphatic carbocycles. The molecule has 1 aliphatic rings. The molecule has 24 heavy (non-hydrogen) atoms. The van der Waals surface area contributed by atoms with Crippen LogP contribution < -0.4 is 5.32 Å². The van der Waals surface area contributed by atoms with E-state index < -0.39 is 0 Å². The summed E-state index contributed by atoms with van der Waals surface area (Å²) in [6.07, 6.45) is 6.09. The third-order valence-corrected chi connectivity index (χ3v) is 4.61. The lowest BCUT2D eigenvalue weighted by Gasteiger charge is -2.36. The smallest absolute Gasteiger partial charge is 0.223 e. The lowest BCUT2D eigenvalue weighted by Crippen LogP contribution is -2.48. The van der Waals surface area contributed by atoms with Crippen LogP contribution in [0.25, 0.3) is 0 Å². The SMILES string of the molecule is Cc1ccc(CCCC(=O)N2CCNCC2c2cccnc2)cc1. The number of pyridine rings is 1. The van der Waals surface area contributed by atoms with Crippen molar-refractivity contribution in [1.29, 1.82) is 0 Å².